The predicted molar refractivity (Wildman–Crippen MR) is 111 cm³/mol. The van der Waals surface area contributed by atoms with E-state index in [2.05, 4.69) is 10.6 Å². The van der Waals surface area contributed by atoms with E-state index in [1.54, 1.807) is 11.3 Å². The molecule has 0 saturated carbocycles. The molecule has 1 aliphatic carbocycles. The normalized spacial score (nSPS) is 13.3. The minimum Gasteiger partial charge on any atom is -0.348 e. The van der Waals surface area contributed by atoms with Crippen molar-refractivity contribution in [3.63, 3.8) is 0 Å². The lowest BCUT2D eigenvalue weighted by atomic mass is 9.95. The van der Waals surface area contributed by atoms with Gasteiger partial charge >= 0.3 is 0 Å². The second kappa shape index (κ2) is 9.18. The summed E-state index contributed by atoms with van der Waals surface area (Å²) in [6.45, 7) is 4.55. The fraction of sp³-hybridized carbons (Fsp3) is 0.455. The third-order valence-corrected chi connectivity index (χ3v) is 6.49. The van der Waals surface area contributed by atoms with Gasteiger partial charge in [0.2, 0.25) is 5.91 Å². The van der Waals surface area contributed by atoms with Crippen LogP contribution < -0.4 is 10.6 Å². The first-order chi connectivity index (χ1) is 13.1. The van der Waals surface area contributed by atoms with Crippen LogP contribution in [-0.4, -0.2) is 11.8 Å². The Labute approximate surface area is 165 Å². The number of nitrogens with one attached hydrogen (secondary N) is 2. The van der Waals surface area contributed by atoms with Gasteiger partial charge in [0.25, 0.3) is 5.91 Å². The maximum atomic E-state index is 13.0. The summed E-state index contributed by atoms with van der Waals surface area (Å²) in [5.74, 6) is -0.0711. The quantitative estimate of drug-likeness (QED) is 0.711. The summed E-state index contributed by atoms with van der Waals surface area (Å²) in [5, 5.41) is 6.83. The molecule has 144 valence electrons. The highest BCUT2D eigenvalue weighted by Crippen LogP contribution is 2.38. The van der Waals surface area contributed by atoms with Crippen LogP contribution in [-0.2, 0) is 24.2 Å². The molecule has 4 nitrogen and oxygen atoms in total. The maximum Gasteiger partial charge on any atom is 0.254 e. The molecule has 0 radical (unpaired) electrons. The van der Waals surface area contributed by atoms with Crippen LogP contribution in [0, 0.1) is 5.92 Å². The zero-order chi connectivity index (χ0) is 19.2. The smallest absolute Gasteiger partial charge is 0.254 e. The van der Waals surface area contributed by atoms with Crippen molar-refractivity contribution in [1.29, 1.82) is 0 Å². The third kappa shape index (κ3) is 4.59. The largest absolute Gasteiger partial charge is 0.348 e. The molecule has 2 N–H and O–H groups in total. The molecule has 1 heterocycles. The molecule has 2 aromatic rings. The lowest BCUT2D eigenvalue weighted by molar-refractivity contribution is -0.120. The molecule has 2 amide bonds. The first-order valence-corrected chi connectivity index (χ1v) is 10.7. The van der Waals surface area contributed by atoms with Gasteiger partial charge in [0.1, 0.15) is 5.00 Å². The number of benzene rings is 1. The number of rotatable bonds is 7. The van der Waals surface area contributed by atoms with E-state index in [0.29, 0.717) is 12.1 Å². The molecule has 0 bridgehead atoms. The monoisotopic (exact) mass is 384 g/mol. The van der Waals surface area contributed by atoms with Crippen molar-refractivity contribution in [3.8, 4) is 0 Å². The Morgan fingerprint density at radius 2 is 1.78 bits per heavy atom. The van der Waals surface area contributed by atoms with Gasteiger partial charge in [0, 0.05) is 17.3 Å². The van der Waals surface area contributed by atoms with E-state index < -0.39 is 0 Å². The highest BCUT2D eigenvalue weighted by atomic mass is 32.1. The highest BCUT2D eigenvalue weighted by Gasteiger charge is 2.27. The van der Waals surface area contributed by atoms with Gasteiger partial charge in [-0.25, -0.2) is 0 Å². The number of thiophene rings is 1. The second-order valence-electron chi connectivity index (χ2n) is 7.09. The van der Waals surface area contributed by atoms with Gasteiger partial charge in [-0.15, -0.1) is 11.3 Å². The molecule has 1 aromatic heterocycles. The lowest BCUT2D eigenvalue weighted by Crippen LogP contribution is -2.27. The topological polar surface area (TPSA) is 58.2 Å². The van der Waals surface area contributed by atoms with Crippen LogP contribution in [0.25, 0.3) is 0 Å². The van der Waals surface area contributed by atoms with Crippen molar-refractivity contribution in [2.24, 2.45) is 5.92 Å². The van der Waals surface area contributed by atoms with E-state index >= 15 is 0 Å². The van der Waals surface area contributed by atoms with Crippen molar-refractivity contribution < 1.29 is 9.59 Å². The van der Waals surface area contributed by atoms with E-state index in [1.807, 2.05) is 44.2 Å². The van der Waals surface area contributed by atoms with Gasteiger partial charge in [-0.2, -0.15) is 0 Å². The van der Waals surface area contributed by atoms with Crippen molar-refractivity contribution in [3.05, 3.63) is 51.9 Å². The minimum atomic E-state index is -0.0851. The number of hydrogen-bond donors (Lipinski definition) is 2. The average molecular weight is 385 g/mol. The fourth-order valence-corrected chi connectivity index (χ4v) is 4.92. The Balaban J connectivity index is 1.82. The van der Waals surface area contributed by atoms with E-state index in [0.717, 1.165) is 54.7 Å². The zero-order valence-electron chi connectivity index (χ0n) is 16.1. The number of carbonyl (C=O) groups excluding carboxylic acids is 2. The number of carbonyl (C=O) groups is 2. The van der Waals surface area contributed by atoms with Gasteiger partial charge in [-0.3, -0.25) is 9.59 Å². The summed E-state index contributed by atoms with van der Waals surface area (Å²) in [6, 6.07) is 9.90. The van der Waals surface area contributed by atoms with Crippen LogP contribution >= 0.6 is 11.3 Å². The van der Waals surface area contributed by atoms with Crippen LogP contribution in [0.1, 0.15) is 65.9 Å². The maximum absolute atomic E-state index is 13.0. The number of anilines is 1. The van der Waals surface area contributed by atoms with Gasteiger partial charge in [0.15, 0.2) is 0 Å². The number of aryl methyl sites for hydroxylation is 1. The summed E-state index contributed by atoms with van der Waals surface area (Å²) in [6.07, 6.45) is 5.79. The lowest BCUT2D eigenvalue weighted by Gasteiger charge is -2.15. The van der Waals surface area contributed by atoms with E-state index in [4.69, 9.17) is 0 Å². The first-order valence-electron chi connectivity index (χ1n) is 9.91. The van der Waals surface area contributed by atoms with Crippen molar-refractivity contribution >= 4 is 28.2 Å². The molecule has 0 saturated heterocycles. The van der Waals surface area contributed by atoms with Crippen molar-refractivity contribution in [2.75, 3.05) is 5.32 Å². The molecule has 27 heavy (non-hydrogen) atoms. The average Bonchev–Trinajstić information content (AvgIpc) is 3.05. The van der Waals surface area contributed by atoms with Crippen LogP contribution in [0.4, 0.5) is 5.00 Å². The molecule has 0 aliphatic heterocycles. The van der Waals surface area contributed by atoms with E-state index in [1.165, 1.54) is 4.88 Å². The molecule has 0 atom stereocenters. The Hall–Kier alpha value is -2.14. The molecule has 0 fully saturated rings. The number of amides is 2. The summed E-state index contributed by atoms with van der Waals surface area (Å²) < 4.78 is 0. The van der Waals surface area contributed by atoms with Crippen LogP contribution in [0.15, 0.2) is 30.3 Å². The van der Waals surface area contributed by atoms with Crippen LogP contribution in [0.3, 0.4) is 0 Å². The third-order valence-electron chi connectivity index (χ3n) is 5.29. The molecule has 5 heteroatoms. The molecule has 1 aliphatic rings. The van der Waals surface area contributed by atoms with Gasteiger partial charge < -0.3 is 10.6 Å². The molecular weight excluding hydrogens is 356 g/mol. The molecule has 0 spiro atoms. The Kier molecular flexibility index (Phi) is 6.67. The van der Waals surface area contributed by atoms with Crippen LogP contribution in [0.2, 0.25) is 0 Å². The van der Waals surface area contributed by atoms with Gasteiger partial charge in [-0.1, -0.05) is 44.2 Å². The Bertz CT molecular complexity index is 794. The molecular formula is C22H28N2O2S. The summed E-state index contributed by atoms with van der Waals surface area (Å²) >= 11 is 1.59. The van der Waals surface area contributed by atoms with Crippen molar-refractivity contribution in [1.82, 2.24) is 5.32 Å². The van der Waals surface area contributed by atoms with Gasteiger partial charge in [-0.05, 0) is 49.7 Å². The SMILES string of the molecule is CCC(CC)C(=O)Nc1sc2c(c1C(=O)NCc1ccccc1)CCCC2. The van der Waals surface area contributed by atoms with E-state index in [9.17, 15) is 9.59 Å². The summed E-state index contributed by atoms with van der Waals surface area (Å²) in [7, 11) is 0. The molecule has 0 unspecified atom stereocenters. The standard InChI is InChI=1S/C22H28N2O2S/c1-3-16(4-2)20(25)24-22-19(17-12-8-9-13-18(17)27-22)21(26)23-14-15-10-6-5-7-11-15/h5-7,10-11,16H,3-4,8-9,12-14H2,1-2H3,(H,23,26)(H,24,25). The summed E-state index contributed by atoms with van der Waals surface area (Å²) in [4.78, 5) is 26.9. The second-order valence-corrected chi connectivity index (χ2v) is 8.19. The van der Waals surface area contributed by atoms with Crippen LogP contribution in [0.5, 0.6) is 0 Å². The first kappa shape index (κ1) is 19.6. The zero-order valence-corrected chi connectivity index (χ0v) is 17.0. The Morgan fingerprint density at radius 3 is 2.48 bits per heavy atom. The number of hydrogen-bond acceptors (Lipinski definition) is 3. The Morgan fingerprint density at radius 1 is 1.07 bits per heavy atom. The number of fused-ring (bicyclic) bond motifs is 1. The predicted octanol–water partition coefficient (Wildman–Crippen LogP) is 4.93. The van der Waals surface area contributed by atoms with E-state index in [-0.39, 0.29) is 17.7 Å². The fourth-order valence-electron chi connectivity index (χ4n) is 3.63. The highest BCUT2D eigenvalue weighted by molar-refractivity contribution is 7.17. The molecule has 1 aromatic carbocycles. The van der Waals surface area contributed by atoms with Gasteiger partial charge in [0.05, 0.1) is 5.56 Å². The summed E-state index contributed by atoms with van der Waals surface area (Å²) in [5.41, 5.74) is 2.89. The minimum absolute atomic E-state index is 0.00985. The molecule has 3 rings (SSSR count). The van der Waals surface area contributed by atoms with Crippen molar-refractivity contribution in [2.45, 2.75) is 58.9 Å².